The maximum absolute atomic E-state index is 12.1. The fourth-order valence-electron chi connectivity index (χ4n) is 2.49. The van der Waals surface area contributed by atoms with E-state index in [0.717, 1.165) is 17.8 Å². The zero-order valence-corrected chi connectivity index (χ0v) is 12.7. The SMILES string of the molecule is CCCCc1ccc(-n2[nH]c(Cn3ccnc3)cc2=O)cc1. The van der Waals surface area contributed by atoms with Crippen LogP contribution < -0.4 is 5.56 Å². The third-order valence-electron chi connectivity index (χ3n) is 3.70. The second-order valence-electron chi connectivity index (χ2n) is 5.46. The number of unbranched alkanes of at least 4 members (excludes halogenated alkanes) is 1. The highest BCUT2D eigenvalue weighted by Gasteiger charge is 2.06. The van der Waals surface area contributed by atoms with Crippen molar-refractivity contribution in [3.63, 3.8) is 0 Å². The molecular weight excluding hydrogens is 276 g/mol. The molecule has 114 valence electrons. The van der Waals surface area contributed by atoms with Crippen LogP contribution in [0.3, 0.4) is 0 Å². The zero-order chi connectivity index (χ0) is 15.4. The topological polar surface area (TPSA) is 55.6 Å². The Labute approximate surface area is 129 Å². The lowest BCUT2D eigenvalue weighted by molar-refractivity contribution is 0.740. The van der Waals surface area contributed by atoms with Gasteiger partial charge in [-0.15, -0.1) is 0 Å². The molecule has 0 aliphatic heterocycles. The van der Waals surface area contributed by atoms with Crippen molar-refractivity contribution in [3.8, 4) is 5.69 Å². The number of aryl methyl sites for hydroxylation is 1. The summed E-state index contributed by atoms with van der Waals surface area (Å²) >= 11 is 0. The zero-order valence-electron chi connectivity index (χ0n) is 12.7. The van der Waals surface area contributed by atoms with E-state index in [2.05, 4.69) is 29.1 Å². The number of aromatic nitrogens is 4. The Hall–Kier alpha value is -2.56. The van der Waals surface area contributed by atoms with Crippen molar-refractivity contribution in [2.75, 3.05) is 0 Å². The van der Waals surface area contributed by atoms with E-state index in [1.165, 1.54) is 18.4 Å². The van der Waals surface area contributed by atoms with E-state index in [-0.39, 0.29) is 5.56 Å². The van der Waals surface area contributed by atoms with E-state index < -0.39 is 0 Å². The van der Waals surface area contributed by atoms with Gasteiger partial charge in [-0.3, -0.25) is 9.89 Å². The third kappa shape index (κ3) is 3.19. The average Bonchev–Trinajstić information content (AvgIpc) is 3.16. The van der Waals surface area contributed by atoms with Crippen LogP contribution in [0.5, 0.6) is 0 Å². The van der Waals surface area contributed by atoms with Crippen LogP contribution in [0.1, 0.15) is 31.0 Å². The third-order valence-corrected chi connectivity index (χ3v) is 3.70. The molecule has 3 rings (SSSR count). The predicted molar refractivity (Wildman–Crippen MR) is 86.3 cm³/mol. The van der Waals surface area contributed by atoms with Crippen molar-refractivity contribution in [2.45, 2.75) is 32.7 Å². The molecule has 0 bridgehead atoms. The molecule has 3 aromatic rings. The first-order chi connectivity index (χ1) is 10.8. The first-order valence-corrected chi connectivity index (χ1v) is 7.62. The minimum absolute atomic E-state index is 0.0450. The van der Waals surface area contributed by atoms with E-state index >= 15 is 0 Å². The van der Waals surface area contributed by atoms with Crippen molar-refractivity contribution in [3.05, 3.63) is 70.7 Å². The van der Waals surface area contributed by atoms with Crippen LogP contribution >= 0.6 is 0 Å². The normalized spacial score (nSPS) is 11.0. The second-order valence-corrected chi connectivity index (χ2v) is 5.46. The maximum atomic E-state index is 12.1. The molecule has 0 radical (unpaired) electrons. The lowest BCUT2D eigenvalue weighted by Gasteiger charge is -2.05. The summed E-state index contributed by atoms with van der Waals surface area (Å²) in [6, 6.07) is 9.79. The molecule has 0 unspecified atom stereocenters. The van der Waals surface area contributed by atoms with E-state index in [0.29, 0.717) is 6.54 Å². The van der Waals surface area contributed by atoms with E-state index in [4.69, 9.17) is 0 Å². The van der Waals surface area contributed by atoms with Gasteiger partial charge >= 0.3 is 0 Å². The van der Waals surface area contributed by atoms with Gasteiger partial charge in [-0.05, 0) is 30.5 Å². The molecule has 0 saturated carbocycles. The Morgan fingerprint density at radius 2 is 2.05 bits per heavy atom. The summed E-state index contributed by atoms with van der Waals surface area (Å²) in [4.78, 5) is 16.1. The number of hydrogen-bond donors (Lipinski definition) is 1. The summed E-state index contributed by atoms with van der Waals surface area (Å²) in [6.07, 6.45) is 8.80. The number of imidazole rings is 1. The van der Waals surface area contributed by atoms with Crippen LogP contribution in [0.25, 0.3) is 5.69 Å². The molecule has 0 aliphatic rings. The fraction of sp³-hybridized carbons (Fsp3) is 0.294. The van der Waals surface area contributed by atoms with Gasteiger partial charge in [-0.25, -0.2) is 9.67 Å². The molecular formula is C17H20N4O. The Morgan fingerprint density at radius 1 is 1.23 bits per heavy atom. The van der Waals surface area contributed by atoms with Gasteiger partial charge in [-0.1, -0.05) is 25.5 Å². The standard InChI is InChI=1S/C17H20N4O/c1-2-3-4-14-5-7-16(8-6-14)21-17(22)11-15(19-21)12-20-10-9-18-13-20/h5-11,13,19H,2-4,12H2,1H3. The summed E-state index contributed by atoms with van der Waals surface area (Å²) in [5, 5.41) is 3.15. The van der Waals surface area contributed by atoms with Crippen molar-refractivity contribution in [2.24, 2.45) is 0 Å². The number of benzene rings is 1. The molecule has 2 aromatic heterocycles. The summed E-state index contributed by atoms with van der Waals surface area (Å²) in [5.74, 6) is 0. The molecule has 0 saturated heterocycles. The molecule has 0 amide bonds. The van der Waals surface area contributed by atoms with E-state index in [1.54, 1.807) is 23.3 Å². The van der Waals surface area contributed by atoms with Gasteiger partial charge in [0.2, 0.25) is 0 Å². The molecule has 0 atom stereocenters. The van der Waals surface area contributed by atoms with Crippen LogP contribution in [-0.4, -0.2) is 19.3 Å². The average molecular weight is 296 g/mol. The smallest absolute Gasteiger partial charge is 0.271 e. The van der Waals surface area contributed by atoms with E-state index in [1.807, 2.05) is 22.9 Å². The number of nitrogens with one attached hydrogen (secondary N) is 1. The summed E-state index contributed by atoms with van der Waals surface area (Å²) in [5.41, 5.74) is 2.99. The quantitative estimate of drug-likeness (QED) is 0.760. The van der Waals surface area contributed by atoms with Gasteiger partial charge in [0, 0.05) is 18.5 Å². The lowest BCUT2D eigenvalue weighted by Crippen LogP contribution is -2.13. The number of hydrogen-bond acceptors (Lipinski definition) is 2. The van der Waals surface area contributed by atoms with Crippen molar-refractivity contribution in [1.29, 1.82) is 0 Å². The van der Waals surface area contributed by atoms with Crippen LogP contribution in [0, 0.1) is 0 Å². The van der Waals surface area contributed by atoms with Gasteiger partial charge in [0.1, 0.15) is 0 Å². The van der Waals surface area contributed by atoms with Gasteiger partial charge in [-0.2, -0.15) is 0 Å². The number of rotatable bonds is 6. The van der Waals surface area contributed by atoms with Gasteiger partial charge < -0.3 is 4.57 Å². The van der Waals surface area contributed by atoms with E-state index in [9.17, 15) is 4.79 Å². The lowest BCUT2D eigenvalue weighted by atomic mass is 10.1. The predicted octanol–water partition coefficient (Wildman–Crippen LogP) is 2.75. The number of aromatic amines is 1. The minimum atomic E-state index is -0.0450. The molecule has 1 aromatic carbocycles. The van der Waals surface area contributed by atoms with Crippen LogP contribution in [0.4, 0.5) is 0 Å². The Morgan fingerprint density at radius 3 is 2.73 bits per heavy atom. The van der Waals surface area contributed by atoms with Crippen LogP contribution in [-0.2, 0) is 13.0 Å². The first-order valence-electron chi connectivity index (χ1n) is 7.62. The monoisotopic (exact) mass is 296 g/mol. The van der Waals surface area contributed by atoms with Crippen molar-refractivity contribution < 1.29 is 0 Å². The summed E-state index contributed by atoms with van der Waals surface area (Å²) in [7, 11) is 0. The summed E-state index contributed by atoms with van der Waals surface area (Å²) in [6.45, 7) is 2.80. The maximum Gasteiger partial charge on any atom is 0.271 e. The summed E-state index contributed by atoms with van der Waals surface area (Å²) < 4.78 is 3.50. The fourth-order valence-corrected chi connectivity index (χ4v) is 2.49. The van der Waals surface area contributed by atoms with Gasteiger partial charge in [0.25, 0.3) is 5.56 Å². The minimum Gasteiger partial charge on any atom is -0.332 e. The molecule has 2 heterocycles. The van der Waals surface area contributed by atoms with Crippen molar-refractivity contribution >= 4 is 0 Å². The first kappa shape index (κ1) is 14.4. The number of H-pyrrole nitrogens is 1. The van der Waals surface area contributed by atoms with Crippen LogP contribution in [0.2, 0.25) is 0 Å². The highest BCUT2D eigenvalue weighted by atomic mass is 16.1. The molecule has 0 aliphatic carbocycles. The van der Waals surface area contributed by atoms with Gasteiger partial charge in [0.15, 0.2) is 0 Å². The number of nitrogens with zero attached hydrogens (tertiary/aromatic N) is 3. The largest absolute Gasteiger partial charge is 0.332 e. The molecule has 0 fully saturated rings. The highest BCUT2D eigenvalue weighted by molar-refractivity contribution is 5.34. The molecule has 22 heavy (non-hydrogen) atoms. The van der Waals surface area contributed by atoms with Gasteiger partial charge in [0.05, 0.1) is 24.3 Å². The Bertz CT molecular complexity index is 766. The Balaban J connectivity index is 1.79. The molecule has 0 spiro atoms. The molecule has 5 nitrogen and oxygen atoms in total. The molecule has 1 N–H and O–H groups in total. The van der Waals surface area contributed by atoms with Crippen LogP contribution in [0.15, 0.2) is 53.8 Å². The molecule has 5 heteroatoms. The van der Waals surface area contributed by atoms with Crippen molar-refractivity contribution in [1.82, 2.24) is 19.3 Å². The highest BCUT2D eigenvalue weighted by Crippen LogP contribution is 2.10. The Kier molecular flexibility index (Phi) is 4.23. The second kappa shape index (κ2) is 6.47.